The van der Waals surface area contributed by atoms with E-state index in [9.17, 15) is 4.21 Å². The Bertz CT molecular complexity index is 475. The monoisotopic (exact) mass is 308 g/mol. The van der Waals surface area contributed by atoms with Gasteiger partial charge in [-0.15, -0.1) is 6.58 Å². The molecule has 1 aliphatic rings. The van der Waals surface area contributed by atoms with Crippen LogP contribution in [0.3, 0.4) is 0 Å². The Balaban J connectivity index is 1.95. The molecule has 0 aromatic heterocycles. The first kappa shape index (κ1) is 16.4. The molecule has 1 heterocycles. The second-order valence-corrected chi connectivity index (χ2v) is 6.93. The molecule has 1 aromatic carbocycles. The summed E-state index contributed by atoms with van der Waals surface area (Å²) in [6.45, 7) is 7.85. The van der Waals surface area contributed by atoms with Crippen LogP contribution in [0.15, 0.2) is 41.8 Å². The molecule has 0 aliphatic carbocycles. The van der Waals surface area contributed by atoms with Gasteiger partial charge in [0.05, 0.1) is 11.5 Å². The fourth-order valence-corrected chi connectivity index (χ4v) is 3.43. The molecule has 0 amide bonds. The highest BCUT2D eigenvalue weighted by molar-refractivity contribution is 7.80. The van der Waals surface area contributed by atoms with Gasteiger partial charge in [0.25, 0.3) is 0 Å². The number of aryl methyl sites for hydroxylation is 1. The van der Waals surface area contributed by atoms with Crippen molar-refractivity contribution < 1.29 is 13.1 Å². The van der Waals surface area contributed by atoms with Gasteiger partial charge in [-0.25, -0.2) is 4.21 Å². The summed E-state index contributed by atoms with van der Waals surface area (Å²) >= 11 is -1.39. The highest BCUT2D eigenvalue weighted by Crippen LogP contribution is 2.36. The minimum Gasteiger partial charge on any atom is -0.381 e. The third kappa shape index (κ3) is 4.77. The quantitative estimate of drug-likeness (QED) is 0.719. The van der Waals surface area contributed by atoms with Crippen LogP contribution in [-0.2, 0) is 20.0 Å². The van der Waals surface area contributed by atoms with Crippen molar-refractivity contribution in [2.75, 3.05) is 19.8 Å². The minimum atomic E-state index is -1.39. The van der Waals surface area contributed by atoms with Crippen LogP contribution in [-0.4, -0.2) is 24.0 Å². The van der Waals surface area contributed by atoms with Crippen molar-refractivity contribution in [3.05, 3.63) is 42.5 Å². The topological polar surface area (TPSA) is 35.5 Å². The Hall–Kier alpha value is -0.970. The molecule has 116 valence electrons. The summed E-state index contributed by atoms with van der Waals surface area (Å²) in [6, 6.07) is 7.65. The first-order valence-electron chi connectivity index (χ1n) is 7.46. The normalized spacial score (nSPS) is 19.1. The molecule has 1 fully saturated rings. The van der Waals surface area contributed by atoms with Gasteiger partial charge in [-0.3, -0.25) is 4.18 Å². The number of ether oxygens (including phenoxy) is 1. The Morgan fingerprint density at radius 1 is 1.33 bits per heavy atom. The molecular weight excluding hydrogens is 284 g/mol. The van der Waals surface area contributed by atoms with Crippen molar-refractivity contribution in [3.63, 3.8) is 0 Å². The van der Waals surface area contributed by atoms with Crippen LogP contribution >= 0.6 is 0 Å². The van der Waals surface area contributed by atoms with E-state index >= 15 is 0 Å². The van der Waals surface area contributed by atoms with Crippen LogP contribution < -0.4 is 0 Å². The Labute approximate surface area is 130 Å². The molecule has 0 saturated carbocycles. The van der Waals surface area contributed by atoms with E-state index in [1.165, 1.54) is 0 Å². The van der Waals surface area contributed by atoms with E-state index in [1.807, 2.05) is 37.3 Å². The van der Waals surface area contributed by atoms with Gasteiger partial charge in [0.2, 0.25) is 0 Å². The second kappa shape index (κ2) is 7.87. The molecular formula is C17H24O3S. The lowest BCUT2D eigenvalue weighted by atomic mass is 9.77. The van der Waals surface area contributed by atoms with Gasteiger partial charge in [0.15, 0.2) is 11.1 Å². The fraction of sp³-hybridized carbons (Fsp3) is 0.529. The largest absolute Gasteiger partial charge is 0.381 e. The molecule has 2 rings (SSSR count). The van der Waals surface area contributed by atoms with Crippen LogP contribution in [0.25, 0.3) is 0 Å². The molecule has 1 aromatic rings. The lowest BCUT2D eigenvalue weighted by molar-refractivity contribution is -0.0116. The van der Waals surface area contributed by atoms with E-state index < -0.39 is 11.1 Å². The minimum absolute atomic E-state index is 0.0762. The summed E-state index contributed by atoms with van der Waals surface area (Å²) < 4.78 is 23.4. The third-order valence-corrected chi connectivity index (χ3v) is 5.11. The van der Waals surface area contributed by atoms with Crippen LogP contribution in [0, 0.1) is 12.3 Å². The molecule has 1 saturated heterocycles. The number of rotatable bonds is 7. The molecule has 1 aliphatic heterocycles. The smallest absolute Gasteiger partial charge is 0.189 e. The number of allylic oxidation sites excluding steroid dienone is 1. The standard InChI is InChI=1S/C17H24O3S/c1-3-4-9-17(10-12-19-13-11-17)14-20-21(18)16-7-5-15(2)6-8-16/h3,5-8H,1,4,9-14H2,2H3. The van der Waals surface area contributed by atoms with Crippen LogP contribution in [0.2, 0.25) is 0 Å². The molecule has 3 nitrogen and oxygen atoms in total. The molecule has 0 spiro atoms. The van der Waals surface area contributed by atoms with Crippen molar-refractivity contribution in [2.45, 2.75) is 37.5 Å². The van der Waals surface area contributed by atoms with Gasteiger partial charge in [0, 0.05) is 13.2 Å². The lowest BCUT2D eigenvalue weighted by Crippen LogP contribution is -2.34. The van der Waals surface area contributed by atoms with Crippen molar-refractivity contribution >= 4 is 11.1 Å². The predicted molar refractivity (Wildman–Crippen MR) is 85.5 cm³/mol. The second-order valence-electron chi connectivity index (χ2n) is 5.75. The summed E-state index contributed by atoms with van der Waals surface area (Å²) in [5, 5.41) is 0. The van der Waals surface area contributed by atoms with E-state index in [1.54, 1.807) is 0 Å². The summed E-state index contributed by atoms with van der Waals surface area (Å²) in [5.74, 6) is 0. The summed E-state index contributed by atoms with van der Waals surface area (Å²) in [5.41, 5.74) is 1.23. The van der Waals surface area contributed by atoms with Crippen LogP contribution in [0.4, 0.5) is 0 Å². The van der Waals surface area contributed by atoms with Crippen LogP contribution in [0.5, 0.6) is 0 Å². The zero-order chi connectivity index (χ0) is 15.1. The van der Waals surface area contributed by atoms with E-state index in [0.717, 1.165) is 49.4 Å². The lowest BCUT2D eigenvalue weighted by Gasteiger charge is -2.36. The predicted octanol–water partition coefficient (Wildman–Crippen LogP) is 3.80. The summed E-state index contributed by atoms with van der Waals surface area (Å²) in [6.07, 6.45) is 5.84. The van der Waals surface area contributed by atoms with Crippen LogP contribution in [0.1, 0.15) is 31.2 Å². The van der Waals surface area contributed by atoms with E-state index in [2.05, 4.69) is 6.58 Å². The van der Waals surface area contributed by atoms with Gasteiger partial charge >= 0.3 is 0 Å². The zero-order valence-electron chi connectivity index (χ0n) is 12.7. The Morgan fingerprint density at radius 3 is 2.62 bits per heavy atom. The third-order valence-electron chi connectivity index (χ3n) is 4.12. The summed E-state index contributed by atoms with van der Waals surface area (Å²) in [7, 11) is 0. The molecule has 4 heteroatoms. The summed E-state index contributed by atoms with van der Waals surface area (Å²) in [4.78, 5) is 0.728. The maximum Gasteiger partial charge on any atom is 0.189 e. The zero-order valence-corrected chi connectivity index (χ0v) is 13.5. The average molecular weight is 308 g/mol. The Morgan fingerprint density at radius 2 is 2.00 bits per heavy atom. The molecule has 1 unspecified atom stereocenters. The van der Waals surface area contributed by atoms with Crippen molar-refractivity contribution in [3.8, 4) is 0 Å². The Kier molecular flexibility index (Phi) is 6.15. The molecule has 0 radical (unpaired) electrons. The van der Waals surface area contributed by atoms with E-state index in [0.29, 0.717) is 6.61 Å². The molecule has 0 N–H and O–H groups in total. The SMILES string of the molecule is C=CCCC1(COS(=O)c2ccc(C)cc2)CCOCC1. The van der Waals surface area contributed by atoms with Gasteiger partial charge in [-0.1, -0.05) is 23.8 Å². The average Bonchev–Trinajstić information content (AvgIpc) is 2.52. The van der Waals surface area contributed by atoms with Gasteiger partial charge in [-0.05, 0) is 50.2 Å². The first-order valence-corrected chi connectivity index (χ1v) is 8.53. The van der Waals surface area contributed by atoms with Gasteiger partial charge in [-0.2, -0.15) is 0 Å². The molecule has 0 bridgehead atoms. The van der Waals surface area contributed by atoms with Gasteiger partial charge < -0.3 is 4.74 Å². The van der Waals surface area contributed by atoms with E-state index in [-0.39, 0.29) is 5.41 Å². The fourth-order valence-electron chi connectivity index (χ4n) is 2.58. The highest BCUT2D eigenvalue weighted by atomic mass is 32.2. The number of hydrogen-bond acceptors (Lipinski definition) is 3. The van der Waals surface area contributed by atoms with Crippen molar-refractivity contribution in [1.29, 1.82) is 0 Å². The maximum atomic E-state index is 12.3. The molecule has 1 atom stereocenters. The number of benzene rings is 1. The van der Waals surface area contributed by atoms with Crippen molar-refractivity contribution in [2.24, 2.45) is 5.41 Å². The van der Waals surface area contributed by atoms with Gasteiger partial charge in [0.1, 0.15) is 0 Å². The first-order chi connectivity index (χ1) is 10.2. The maximum absolute atomic E-state index is 12.3. The van der Waals surface area contributed by atoms with Crippen molar-refractivity contribution in [1.82, 2.24) is 0 Å². The van der Waals surface area contributed by atoms with E-state index in [4.69, 9.17) is 8.92 Å². The molecule has 21 heavy (non-hydrogen) atoms. The number of hydrogen-bond donors (Lipinski definition) is 0. The highest BCUT2D eigenvalue weighted by Gasteiger charge is 2.33.